The van der Waals surface area contributed by atoms with Crippen molar-refractivity contribution < 1.29 is 35.3 Å². The number of rotatable bonds is 6. The average molecular weight is 316 g/mol. The molecule has 20 heavy (non-hydrogen) atoms. The Balaban J connectivity index is 0.00000361. The molecule has 0 atom stereocenters. The zero-order valence-corrected chi connectivity index (χ0v) is 13.7. The molecule has 0 unspecified atom stereocenters. The van der Waals surface area contributed by atoms with Crippen molar-refractivity contribution in [2.45, 2.75) is 40.0 Å². The van der Waals surface area contributed by atoms with Crippen molar-refractivity contribution in [3.05, 3.63) is 35.4 Å². The van der Waals surface area contributed by atoms with Gasteiger partial charge in [-0.2, -0.15) is 0 Å². The number of nitrogens with one attached hydrogen (secondary N) is 1. The van der Waals surface area contributed by atoms with E-state index in [2.05, 4.69) is 5.32 Å². The van der Waals surface area contributed by atoms with Gasteiger partial charge in [-0.15, -0.1) is 0 Å². The molecule has 0 saturated carbocycles. The molecule has 0 fully saturated rings. The maximum atomic E-state index is 13.3. The second-order valence-corrected chi connectivity index (χ2v) is 5.29. The second-order valence-electron chi connectivity index (χ2n) is 5.29. The van der Waals surface area contributed by atoms with Crippen molar-refractivity contribution in [2.24, 2.45) is 5.41 Å². The second kappa shape index (κ2) is 8.53. The molecule has 2 nitrogen and oxygen atoms in total. The minimum absolute atomic E-state index is 0. The minimum atomic E-state index is -0.714. The summed E-state index contributed by atoms with van der Waals surface area (Å²) in [4.78, 5) is 11.9. The zero-order valence-electron chi connectivity index (χ0n) is 12.1. The standard InChI is InChI=1S/C15H20F2NO.Ti/c1-4-8-15(2,3)14(19)18-9-7-11-5-6-12(16)10-13(11)17;/h5-6H,4,7-9H2,1-3H3,(H,18,19);. The Morgan fingerprint density at radius 3 is 2.55 bits per heavy atom. The van der Waals surface area contributed by atoms with Gasteiger partial charge in [0.2, 0.25) is 5.91 Å². The van der Waals surface area contributed by atoms with Gasteiger partial charge in [0, 0.05) is 33.7 Å². The summed E-state index contributed by atoms with van der Waals surface area (Å²) in [6.45, 7) is 6.14. The number of hydrogen-bond acceptors (Lipinski definition) is 1. The van der Waals surface area contributed by atoms with Gasteiger partial charge in [0.05, 0.1) is 6.07 Å². The van der Waals surface area contributed by atoms with Crippen LogP contribution in [0.5, 0.6) is 0 Å². The quantitative estimate of drug-likeness (QED) is 0.802. The largest absolute Gasteiger partial charge is 0.355 e. The molecule has 0 saturated heterocycles. The van der Waals surface area contributed by atoms with Crippen LogP contribution in [0.2, 0.25) is 0 Å². The van der Waals surface area contributed by atoms with Crippen molar-refractivity contribution in [3.63, 3.8) is 0 Å². The Morgan fingerprint density at radius 2 is 2.00 bits per heavy atom. The fourth-order valence-corrected chi connectivity index (χ4v) is 1.96. The number of amides is 1. The Bertz CT molecular complexity index is 449. The van der Waals surface area contributed by atoms with Crippen molar-refractivity contribution in [1.82, 2.24) is 5.32 Å². The van der Waals surface area contributed by atoms with E-state index in [9.17, 15) is 13.6 Å². The van der Waals surface area contributed by atoms with E-state index in [4.69, 9.17) is 0 Å². The molecule has 0 heterocycles. The van der Waals surface area contributed by atoms with Crippen LogP contribution < -0.4 is 5.32 Å². The summed E-state index contributed by atoms with van der Waals surface area (Å²) in [5.41, 5.74) is -0.0580. The van der Waals surface area contributed by atoms with E-state index < -0.39 is 17.0 Å². The molecule has 1 aromatic rings. The van der Waals surface area contributed by atoms with Crippen LogP contribution in [-0.4, -0.2) is 12.5 Å². The Kier molecular flexibility index (Phi) is 8.22. The molecule has 1 aromatic carbocycles. The molecule has 1 N–H and O–H groups in total. The molecular formula is C15H20F2NOTi. The van der Waals surface area contributed by atoms with Gasteiger partial charge in [-0.25, -0.2) is 8.78 Å². The Labute approximate surface area is 134 Å². The number of carbonyl (C=O) groups excluding carboxylic acids is 1. The number of benzene rings is 1. The maximum absolute atomic E-state index is 13.3. The van der Waals surface area contributed by atoms with E-state index in [1.807, 2.05) is 26.8 Å². The smallest absolute Gasteiger partial charge is 0.225 e. The SMILES string of the molecule is CCCC(C)(C)C(=O)NCCc1ccc(F)[c]c1F.[Ti]. The van der Waals surface area contributed by atoms with Gasteiger partial charge in [-0.1, -0.05) is 33.3 Å². The molecule has 0 aliphatic carbocycles. The monoisotopic (exact) mass is 316 g/mol. The first kappa shape index (κ1) is 19.3. The summed E-state index contributed by atoms with van der Waals surface area (Å²) in [7, 11) is 0. The van der Waals surface area contributed by atoms with Gasteiger partial charge >= 0.3 is 0 Å². The van der Waals surface area contributed by atoms with Crippen molar-refractivity contribution >= 4 is 5.91 Å². The van der Waals surface area contributed by atoms with E-state index in [-0.39, 0.29) is 27.6 Å². The zero-order chi connectivity index (χ0) is 14.5. The third-order valence-electron chi connectivity index (χ3n) is 3.11. The van der Waals surface area contributed by atoms with Crippen molar-refractivity contribution in [2.75, 3.05) is 6.54 Å². The van der Waals surface area contributed by atoms with Crippen LogP contribution in [0.3, 0.4) is 0 Å². The molecule has 5 heteroatoms. The summed E-state index contributed by atoms with van der Waals surface area (Å²) in [5, 5.41) is 2.78. The first-order valence-electron chi connectivity index (χ1n) is 6.51. The van der Waals surface area contributed by atoms with Gasteiger partial charge in [-0.05, 0) is 24.5 Å². The van der Waals surface area contributed by atoms with E-state index in [1.54, 1.807) is 0 Å². The number of hydrogen-bond donors (Lipinski definition) is 1. The molecule has 0 spiro atoms. The van der Waals surface area contributed by atoms with Gasteiger partial charge in [-0.3, -0.25) is 4.79 Å². The summed E-state index contributed by atoms with van der Waals surface area (Å²) in [6.07, 6.45) is 2.07. The molecule has 0 aliphatic heterocycles. The van der Waals surface area contributed by atoms with E-state index >= 15 is 0 Å². The average Bonchev–Trinajstić information content (AvgIpc) is 2.31. The normalized spacial score (nSPS) is 10.8. The Hall–Kier alpha value is -0.736. The predicted molar refractivity (Wildman–Crippen MR) is 70.6 cm³/mol. The van der Waals surface area contributed by atoms with Gasteiger partial charge in [0.1, 0.15) is 11.6 Å². The molecule has 0 bridgehead atoms. The summed E-state index contributed by atoms with van der Waals surface area (Å²) in [6, 6.07) is 4.53. The van der Waals surface area contributed by atoms with Crippen LogP contribution in [0.1, 0.15) is 39.2 Å². The van der Waals surface area contributed by atoms with Gasteiger partial charge in [0.15, 0.2) is 0 Å². The molecule has 1 amide bonds. The molecule has 0 aromatic heterocycles. The van der Waals surface area contributed by atoms with Crippen molar-refractivity contribution in [1.29, 1.82) is 0 Å². The molecule has 1 rings (SSSR count). The summed E-state index contributed by atoms with van der Waals surface area (Å²) in [5.74, 6) is -1.45. The summed E-state index contributed by atoms with van der Waals surface area (Å²) >= 11 is 0. The predicted octanol–water partition coefficient (Wildman–Crippen LogP) is 3.25. The number of halogens is 2. The maximum Gasteiger partial charge on any atom is 0.225 e. The topological polar surface area (TPSA) is 29.1 Å². The van der Waals surface area contributed by atoms with Crippen LogP contribution in [0, 0.1) is 23.1 Å². The van der Waals surface area contributed by atoms with E-state index in [1.165, 1.54) is 12.1 Å². The first-order valence-corrected chi connectivity index (χ1v) is 6.51. The fraction of sp³-hybridized carbons (Fsp3) is 0.533. The molecular weight excluding hydrogens is 296 g/mol. The van der Waals surface area contributed by atoms with Crippen LogP contribution in [0.4, 0.5) is 8.78 Å². The Morgan fingerprint density at radius 1 is 1.35 bits per heavy atom. The van der Waals surface area contributed by atoms with E-state index in [0.717, 1.165) is 12.8 Å². The first-order chi connectivity index (χ1) is 8.86. The summed E-state index contributed by atoms with van der Waals surface area (Å²) < 4.78 is 26.0. The third-order valence-corrected chi connectivity index (χ3v) is 3.11. The van der Waals surface area contributed by atoms with Crippen LogP contribution in [0.15, 0.2) is 12.1 Å². The van der Waals surface area contributed by atoms with E-state index in [0.29, 0.717) is 18.5 Å². The van der Waals surface area contributed by atoms with Crippen LogP contribution >= 0.6 is 0 Å². The number of carbonyl (C=O) groups is 1. The molecule has 109 valence electrons. The van der Waals surface area contributed by atoms with Crippen LogP contribution in [-0.2, 0) is 32.9 Å². The molecule has 0 aliphatic rings. The van der Waals surface area contributed by atoms with Gasteiger partial charge in [0.25, 0.3) is 0 Å². The van der Waals surface area contributed by atoms with Gasteiger partial charge < -0.3 is 5.32 Å². The molecule has 1 radical (unpaired) electrons. The fourth-order valence-electron chi connectivity index (χ4n) is 1.96. The van der Waals surface area contributed by atoms with Crippen molar-refractivity contribution in [3.8, 4) is 0 Å². The minimum Gasteiger partial charge on any atom is -0.355 e. The third kappa shape index (κ3) is 5.72. The van der Waals surface area contributed by atoms with Crippen LogP contribution in [0.25, 0.3) is 0 Å².